The van der Waals surface area contributed by atoms with E-state index in [0.29, 0.717) is 31.1 Å². The van der Waals surface area contributed by atoms with Gasteiger partial charge in [0.15, 0.2) is 5.82 Å². The molecule has 1 saturated heterocycles. The third-order valence-corrected chi connectivity index (χ3v) is 3.81. The summed E-state index contributed by atoms with van der Waals surface area (Å²) in [6.07, 6.45) is 3.04. The number of hydrogen-bond acceptors (Lipinski definition) is 5. The molecule has 6 heteroatoms. The zero-order valence-electron chi connectivity index (χ0n) is 12.2. The van der Waals surface area contributed by atoms with E-state index in [4.69, 9.17) is 4.52 Å². The summed E-state index contributed by atoms with van der Waals surface area (Å²) in [6, 6.07) is 0. The van der Waals surface area contributed by atoms with Crippen LogP contribution >= 0.6 is 0 Å². The molecule has 1 N–H and O–H groups in total. The summed E-state index contributed by atoms with van der Waals surface area (Å²) in [6.45, 7) is 5.23. The molecular formula is C14H23N3O3. The van der Waals surface area contributed by atoms with Crippen LogP contribution in [0.15, 0.2) is 4.52 Å². The first-order valence-corrected chi connectivity index (χ1v) is 7.37. The SMILES string of the molecule is CCCc1noc(CCC(=O)N2CCC(C)C(O)C2)n1. The number of amides is 1. The largest absolute Gasteiger partial charge is 0.391 e. The minimum absolute atomic E-state index is 0.0474. The van der Waals surface area contributed by atoms with E-state index in [9.17, 15) is 9.90 Å². The Hall–Kier alpha value is -1.43. The van der Waals surface area contributed by atoms with Crippen molar-refractivity contribution in [3.05, 3.63) is 11.7 Å². The van der Waals surface area contributed by atoms with Crippen LogP contribution in [-0.2, 0) is 17.6 Å². The van der Waals surface area contributed by atoms with Crippen LogP contribution in [0.2, 0.25) is 0 Å². The first-order valence-electron chi connectivity index (χ1n) is 7.37. The van der Waals surface area contributed by atoms with Crippen molar-refractivity contribution in [1.82, 2.24) is 15.0 Å². The lowest BCUT2D eigenvalue weighted by atomic mass is 9.96. The lowest BCUT2D eigenvalue weighted by molar-refractivity contribution is -0.135. The van der Waals surface area contributed by atoms with Gasteiger partial charge in [-0.3, -0.25) is 4.79 Å². The van der Waals surface area contributed by atoms with E-state index in [1.54, 1.807) is 4.90 Å². The number of piperidine rings is 1. The van der Waals surface area contributed by atoms with Crippen LogP contribution in [0.4, 0.5) is 0 Å². The van der Waals surface area contributed by atoms with Crippen molar-refractivity contribution in [3.8, 4) is 0 Å². The first kappa shape index (κ1) is 15.0. The Morgan fingerprint density at radius 2 is 2.30 bits per heavy atom. The minimum atomic E-state index is -0.410. The van der Waals surface area contributed by atoms with Crippen LogP contribution in [0.3, 0.4) is 0 Å². The van der Waals surface area contributed by atoms with Crippen LogP contribution in [0, 0.1) is 5.92 Å². The number of rotatable bonds is 5. The molecule has 2 heterocycles. The normalized spacial score (nSPS) is 23.1. The number of nitrogens with zero attached hydrogens (tertiary/aromatic N) is 3. The Kier molecular flexibility index (Phi) is 5.11. The zero-order chi connectivity index (χ0) is 14.5. The Morgan fingerprint density at radius 3 is 3.00 bits per heavy atom. The van der Waals surface area contributed by atoms with Gasteiger partial charge in [0, 0.05) is 32.4 Å². The molecule has 0 radical (unpaired) electrons. The summed E-state index contributed by atoms with van der Waals surface area (Å²) in [5.41, 5.74) is 0. The molecule has 2 rings (SSSR count). The molecule has 2 unspecified atom stereocenters. The Bertz CT molecular complexity index is 447. The van der Waals surface area contributed by atoms with Crippen molar-refractivity contribution in [2.75, 3.05) is 13.1 Å². The summed E-state index contributed by atoms with van der Waals surface area (Å²) >= 11 is 0. The fraction of sp³-hybridized carbons (Fsp3) is 0.786. The number of carbonyl (C=O) groups is 1. The van der Waals surface area contributed by atoms with E-state index < -0.39 is 6.10 Å². The summed E-state index contributed by atoms with van der Waals surface area (Å²) in [7, 11) is 0. The molecule has 1 aromatic heterocycles. The van der Waals surface area contributed by atoms with Gasteiger partial charge in [0.05, 0.1) is 6.10 Å². The summed E-state index contributed by atoms with van der Waals surface area (Å²) < 4.78 is 5.11. The molecule has 1 fully saturated rings. The number of aryl methyl sites for hydroxylation is 2. The lowest BCUT2D eigenvalue weighted by Crippen LogP contribution is -2.45. The Labute approximate surface area is 119 Å². The second kappa shape index (κ2) is 6.83. The number of hydrogen-bond donors (Lipinski definition) is 1. The summed E-state index contributed by atoms with van der Waals surface area (Å²) in [4.78, 5) is 18.1. The lowest BCUT2D eigenvalue weighted by Gasteiger charge is -2.34. The van der Waals surface area contributed by atoms with Crippen molar-refractivity contribution in [3.63, 3.8) is 0 Å². The average Bonchev–Trinajstić information content (AvgIpc) is 2.87. The predicted octanol–water partition coefficient (Wildman–Crippen LogP) is 1.18. The molecule has 0 spiro atoms. The first-order chi connectivity index (χ1) is 9.60. The van der Waals surface area contributed by atoms with Gasteiger partial charge in [0.2, 0.25) is 11.8 Å². The molecule has 0 bridgehead atoms. The van der Waals surface area contributed by atoms with Gasteiger partial charge < -0.3 is 14.5 Å². The van der Waals surface area contributed by atoms with Crippen molar-refractivity contribution < 1.29 is 14.4 Å². The molecular weight excluding hydrogens is 258 g/mol. The third kappa shape index (κ3) is 3.79. The third-order valence-electron chi connectivity index (χ3n) is 3.81. The highest BCUT2D eigenvalue weighted by molar-refractivity contribution is 5.76. The summed E-state index contributed by atoms with van der Waals surface area (Å²) in [5, 5.41) is 13.7. The smallest absolute Gasteiger partial charge is 0.227 e. The van der Waals surface area contributed by atoms with Crippen molar-refractivity contribution in [2.24, 2.45) is 5.92 Å². The Morgan fingerprint density at radius 1 is 1.50 bits per heavy atom. The number of β-amino-alcohol motifs (C(OH)–C–C–N with tert-alkyl or cyclic N) is 1. The van der Waals surface area contributed by atoms with Crippen LogP contribution in [0.25, 0.3) is 0 Å². The van der Waals surface area contributed by atoms with Crippen LogP contribution in [-0.4, -0.2) is 45.2 Å². The van der Waals surface area contributed by atoms with Gasteiger partial charge in [0.25, 0.3) is 0 Å². The topological polar surface area (TPSA) is 79.5 Å². The van der Waals surface area contributed by atoms with Crippen LogP contribution in [0.1, 0.15) is 44.8 Å². The molecule has 0 aliphatic carbocycles. The molecule has 2 atom stereocenters. The minimum Gasteiger partial charge on any atom is -0.391 e. The van der Waals surface area contributed by atoms with Gasteiger partial charge in [-0.15, -0.1) is 0 Å². The number of aliphatic hydroxyl groups is 1. The molecule has 0 saturated carbocycles. The van der Waals surface area contributed by atoms with E-state index in [1.807, 2.05) is 6.92 Å². The highest BCUT2D eigenvalue weighted by atomic mass is 16.5. The molecule has 1 aliphatic heterocycles. The Balaban J connectivity index is 1.79. The van der Waals surface area contributed by atoms with Crippen molar-refractivity contribution in [1.29, 1.82) is 0 Å². The second-order valence-electron chi connectivity index (χ2n) is 5.53. The number of aliphatic hydroxyl groups excluding tert-OH is 1. The quantitative estimate of drug-likeness (QED) is 0.876. The van der Waals surface area contributed by atoms with Crippen LogP contribution < -0.4 is 0 Å². The highest BCUT2D eigenvalue weighted by Gasteiger charge is 2.27. The van der Waals surface area contributed by atoms with E-state index >= 15 is 0 Å². The average molecular weight is 281 g/mol. The maximum absolute atomic E-state index is 12.1. The molecule has 6 nitrogen and oxygen atoms in total. The van der Waals surface area contributed by atoms with Crippen molar-refractivity contribution in [2.45, 2.75) is 52.1 Å². The maximum atomic E-state index is 12.1. The number of likely N-dealkylation sites (tertiary alicyclic amines) is 1. The van der Waals surface area contributed by atoms with Gasteiger partial charge in [-0.2, -0.15) is 4.98 Å². The molecule has 1 aliphatic rings. The summed E-state index contributed by atoms with van der Waals surface area (Å²) in [5.74, 6) is 1.54. The number of aromatic nitrogens is 2. The van der Waals surface area contributed by atoms with E-state index in [-0.39, 0.29) is 11.8 Å². The fourth-order valence-corrected chi connectivity index (χ4v) is 2.36. The fourth-order valence-electron chi connectivity index (χ4n) is 2.36. The van der Waals surface area contributed by atoms with Gasteiger partial charge in [0.1, 0.15) is 0 Å². The molecule has 112 valence electrons. The maximum Gasteiger partial charge on any atom is 0.227 e. The molecule has 1 amide bonds. The van der Waals surface area contributed by atoms with Crippen LogP contribution in [0.5, 0.6) is 0 Å². The second-order valence-corrected chi connectivity index (χ2v) is 5.53. The molecule has 20 heavy (non-hydrogen) atoms. The molecule has 0 aromatic carbocycles. The van der Waals surface area contributed by atoms with E-state index in [0.717, 1.165) is 25.8 Å². The monoisotopic (exact) mass is 281 g/mol. The number of carbonyl (C=O) groups excluding carboxylic acids is 1. The van der Waals surface area contributed by atoms with Gasteiger partial charge in [-0.1, -0.05) is 19.0 Å². The van der Waals surface area contributed by atoms with Gasteiger partial charge in [-0.25, -0.2) is 0 Å². The highest BCUT2D eigenvalue weighted by Crippen LogP contribution is 2.18. The van der Waals surface area contributed by atoms with Crippen molar-refractivity contribution >= 4 is 5.91 Å². The van der Waals surface area contributed by atoms with Gasteiger partial charge in [-0.05, 0) is 18.8 Å². The predicted molar refractivity (Wildman–Crippen MR) is 73.0 cm³/mol. The molecule has 1 aromatic rings. The van der Waals surface area contributed by atoms with E-state index in [1.165, 1.54) is 0 Å². The van der Waals surface area contributed by atoms with Gasteiger partial charge >= 0.3 is 0 Å². The zero-order valence-corrected chi connectivity index (χ0v) is 12.2. The standard InChI is InChI=1S/C14H23N3O3/c1-3-4-12-15-13(20-16-12)5-6-14(19)17-8-7-10(2)11(18)9-17/h10-11,18H,3-9H2,1-2H3. The van der Waals surface area contributed by atoms with E-state index in [2.05, 4.69) is 17.1 Å².